The molecule has 86 valence electrons. The lowest BCUT2D eigenvalue weighted by molar-refractivity contribution is -0.138. The van der Waals surface area contributed by atoms with E-state index >= 15 is 0 Å². The summed E-state index contributed by atoms with van der Waals surface area (Å²) in [7, 11) is 1.49. The van der Waals surface area contributed by atoms with E-state index in [1.54, 1.807) is 0 Å². The number of aromatic nitrogens is 2. The van der Waals surface area contributed by atoms with Crippen LogP contribution in [0.2, 0.25) is 0 Å². The molecule has 1 heterocycles. The SMILES string of the molecule is COc1cncc(NC(C(=O)O)C2CC2)n1. The lowest BCUT2D eigenvalue weighted by Gasteiger charge is -2.13. The summed E-state index contributed by atoms with van der Waals surface area (Å²) in [6, 6.07) is -0.582. The molecule has 1 aliphatic carbocycles. The van der Waals surface area contributed by atoms with Gasteiger partial charge in [0.25, 0.3) is 0 Å². The summed E-state index contributed by atoms with van der Waals surface area (Å²) in [5.74, 6) is 0.140. The molecule has 0 amide bonds. The van der Waals surface area contributed by atoms with Gasteiger partial charge in [-0.05, 0) is 18.8 Å². The second kappa shape index (κ2) is 4.34. The van der Waals surface area contributed by atoms with Crippen LogP contribution in [0.1, 0.15) is 12.8 Å². The van der Waals surface area contributed by atoms with Crippen LogP contribution >= 0.6 is 0 Å². The number of hydrogen-bond donors (Lipinski definition) is 2. The molecule has 0 aromatic carbocycles. The van der Waals surface area contributed by atoms with Gasteiger partial charge in [-0.1, -0.05) is 0 Å². The number of ether oxygens (including phenoxy) is 1. The van der Waals surface area contributed by atoms with E-state index < -0.39 is 12.0 Å². The van der Waals surface area contributed by atoms with E-state index in [0.717, 1.165) is 12.8 Å². The minimum atomic E-state index is -0.855. The highest BCUT2D eigenvalue weighted by atomic mass is 16.5. The van der Waals surface area contributed by atoms with Crippen LogP contribution in [0.25, 0.3) is 0 Å². The number of nitrogens with one attached hydrogen (secondary N) is 1. The van der Waals surface area contributed by atoms with Crippen molar-refractivity contribution in [2.75, 3.05) is 12.4 Å². The van der Waals surface area contributed by atoms with Crippen molar-refractivity contribution < 1.29 is 14.6 Å². The van der Waals surface area contributed by atoms with E-state index in [2.05, 4.69) is 15.3 Å². The molecule has 2 rings (SSSR count). The molecule has 1 fully saturated rings. The predicted molar refractivity (Wildman–Crippen MR) is 56.4 cm³/mol. The quantitative estimate of drug-likeness (QED) is 0.766. The molecule has 0 aliphatic heterocycles. The largest absolute Gasteiger partial charge is 0.480 e. The van der Waals surface area contributed by atoms with Gasteiger partial charge in [0.2, 0.25) is 5.88 Å². The highest BCUT2D eigenvalue weighted by Crippen LogP contribution is 2.34. The maximum absolute atomic E-state index is 11.0. The van der Waals surface area contributed by atoms with Gasteiger partial charge in [-0.3, -0.25) is 4.98 Å². The molecule has 2 N–H and O–H groups in total. The Morgan fingerprint density at radius 3 is 2.94 bits per heavy atom. The Morgan fingerprint density at radius 1 is 1.62 bits per heavy atom. The lowest BCUT2D eigenvalue weighted by atomic mass is 10.2. The zero-order chi connectivity index (χ0) is 11.5. The van der Waals surface area contributed by atoms with Crippen molar-refractivity contribution in [1.29, 1.82) is 0 Å². The Labute approximate surface area is 92.7 Å². The van der Waals surface area contributed by atoms with Crippen molar-refractivity contribution in [3.05, 3.63) is 12.4 Å². The molecule has 0 bridgehead atoms. The third-order valence-electron chi connectivity index (χ3n) is 2.48. The number of aliphatic carboxylic acids is 1. The average molecular weight is 223 g/mol. The van der Waals surface area contributed by atoms with Crippen molar-refractivity contribution in [1.82, 2.24) is 9.97 Å². The second-order valence-corrected chi connectivity index (χ2v) is 3.74. The van der Waals surface area contributed by atoms with Crippen LogP contribution in [0.3, 0.4) is 0 Å². The number of carbonyl (C=O) groups is 1. The van der Waals surface area contributed by atoms with Gasteiger partial charge in [0, 0.05) is 0 Å². The molecular formula is C10H13N3O3. The van der Waals surface area contributed by atoms with Crippen LogP contribution in [0.4, 0.5) is 5.82 Å². The zero-order valence-corrected chi connectivity index (χ0v) is 8.88. The fraction of sp³-hybridized carbons (Fsp3) is 0.500. The Hall–Kier alpha value is -1.85. The molecule has 16 heavy (non-hydrogen) atoms. The first-order valence-corrected chi connectivity index (χ1v) is 5.06. The highest BCUT2D eigenvalue weighted by molar-refractivity contribution is 5.77. The van der Waals surface area contributed by atoms with Gasteiger partial charge in [0.05, 0.1) is 19.5 Å². The number of hydrogen-bond acceptors (Lipinski definition) is 5. The maximum atomic E-state index is 11.0. The predicted octanol–water partition coefficient (Wildman–Crippen LogP) is 0.760. The van der Waals surface area contributed by atoms with Crippen LogP contribution in [0.15, 0.2) is 12.4 Å². The summed E-state index contributed by atoms with van der Waals surface area (Å²) in [6.07, 6.45) is 4.85. The number of anilines is 1. The first-order valence-electron chi connectivity index (χ1n) is 5.06. The standard InChI is InChI=1S/C10H13N3O3/c1-16-8-5-11-4-7(12-8)13-9(10(14)15)6-2-3-6/h4-6,9H,2-3H2,1H3,(H,12,13)(H,14,15). The molecule has 0 saturated heterocycles. The first-order chi connectivity index (χ1) is 7.70. The number of carboxylic acid groups (broad SMARTS) is 1. The molecule has 6 nitrogen and oxygen atoms in total. The molecule has 0 radical (unpaired) electrons. The lowest BCUT2D eigenvalue weighted by Crippen LogP contribution is -2.31. The summed E-state index contributed by atoms with van der Waals surface area (Å²) in [6.45, 7) is 0. The number of carboxylic acids is 1. The Kier molecular flexibility index (Phi) is 2.89. The molecule has 6 heteroatoms. The molecular weight excluding hydrogens is 210 g/mol. The average Bonchev–Trinajstić information content (AvgIpc) is 3.10. The summed E-state index contributed by atoms with van der Waals surface area (Å²) in [5.41, 5.74) is 0. The van der Waals surface area contributed by atoms with Gasteiger partial charge in [-0.2, -0.15) is 4.98 Å². The van der Waals surface area contributed by atoms with Gasteiger partial charge in [-0.25, -0.2) is 4.79 Å². The summed E-state index contributed by atoms with van der Waals surface area (Å²) >= 11 is 0. The minimum absolute atomic E-state index is 0.200. The molecule has 0 spiro atoms. The van der Waals surface area contributed by atoms with Crippen molar-refractivity contribution >= 4 is 11.8 Å². The molecule has 1 saturated carbocycles. The Balaban J connectivity index is 2.08. The van der Waals surface area contributed by atoms with Crippen molar-refractivity contribution in [3.63, 3.8) is 0 Å². The van der Waals surface area contributed by atoms with Crippen LogP contribution in [0.5, 0.6) is 5.88 Å². The van der Waals surface area contributed by atoms with E-state index in [0.29, 0.717) is 11.7 Å². The van der Waals surface area contributed by atoms with E-state index in [9.17, 15) is 4.79 Å². The first kappa shape index (κ1) is 10.7. The fourth-order valence-corrected chi connectivity index (χ4v) is 1.49. The van der Waals surface area contributed by atoms with E-state index in [4.69, 9.17) is 9.84 Å². The molecule has 1 atom stereocenters. The van der Waals surface area contributed by atoms with Gasteiger partial charge < -0.3 is 15.2 Å². The topological polar surface area (TPSA) is 84.3 Å². The van der Waals surface area contributed by atoms with Crippen molar-refractivity contribution in [2.45, 2.75) is 18.9 Å². The maximum Gasteiger partial charge on any atom is 0.326 e. The third-order valence-corrected chi connectivity index (χ3v) is 2.48. The van der Waals surface area contributed by atoms with Crippen molar-refractivity contribution in [3.8, 4) is 5.88 Å². The monoisotopic (exact) mass is 223 g/mol. The molecule has 1 aromatic rings. The Bertz CT molecular complexity index is 393. The summed E-state index contributed by atoms with van der Waals surface area (Å²) in [5, 5.41) is 11.9. The normalized spacial score (nSPS) is 16.6. The van der Waals surface area contributed by atoms with E-state index in [-0.39, 0.29) is 5.92 Å². The van der Waals surface area contributed by atoms with E-state index in [1.807, 2.05) is 0 Å². The fourth-order valence-electron chi connectivity index (χ4n) is 1.49. The van der Waals surface area contributed by atoms with Gasteiger partial charge >= 0.3 is 5.97 Å². The number of methoxy groups -OCH3 is 1. The van der Waals surface area contributed by atoms with Crippen LogP contribution in [-0.2, 0) is 4.79 Å². The number of rotatable bonds is 5. The molecule has 1 aliphatic rings. The highest BCUT2D eigenvalue weighted by Gasteiger charge is 2.36. The van der Waals surface area contributed by atoms with Gasteiger partial charge in [0.15, 0.2) is 0 Å². The van der Waals surface area contributed by atoms with Crippen molar-refractivity contribution in [2.24, 2.45) is 5.92 Å². The zero-order valence-electron chi connectivity index (χ0n) is 8.88. The third kappa shape index (κ3) is 2.39. The van der Waals surface area contributed by atoms with Crippen LogP contribution in [0, 0.1) is 5.92 Å². The van der Waals surface area contributed by atoms with Crippen LogP contribution in [-0.4, -0.2) is 34.2 Å². The van der Waals surface area contributed by atoms with Gasteiger partial charge in [0.1, 0.15) is 11.9 Å². The molecule has 1 unspecified atom stereocenters. The summed E-state index contributed by atoms with van der Waals surface area (Å²) in [4.78, 5) is 19.0. The smallest absolute Gasteiger partial charge is 0.326 e. The van der Waals surface area contributed by atoms with Crippen LogP contribution < -0.4 is 10.1 Å². The summed E-state index contributed by atoms with van der Waals surface area (Å²) < 4.78 is 4.91. The Morgan fingerprint density at radius 2 is 2.38 bits per heavy atom. The number of nitrogens with zero attached hydrogens (tertiary/aromatic N) is 2. The molecule has 1 aromatic heterocycles. The second-order valence-electron chi connectivity index (χ2n) is 3.74. The van der Waals surface area contributed by atoms with Gasteiger partial charge in [-0.15, -0.1) is 0 Å². The minimum Gasteiger partial charge on any atom is -0.480 e. The van der Waals surface area contributed by atoms with E-state index in [1.165, 1.54) is 19.5 Å².